The summed E-state index contributed by atoms with van der Waals surface area (Å²) in [6.07, 6.45) is 1.03. The Morgan fingerprint density at radius 1 is 0.850 bits per heavy atom. The zero-order valence-electron chi connectivity index (χ0n) is 13.7. The Bertz CT molecular complexity index is 589. The van der Waals surface area contributed by atoms with Gasteiger partial charge in [0.25, 0.3) is 0 Å². The van der Waals surface area contributed by atoms with Crippen LogP contribution in [0.1, 0.15) is 54.2 Å². The first-order valence-corrected chi connectivity index (χ1v) is 7.44. The molecule has 0 amide bonds. The number of benzene rings is 2. The second-order valence-electron chi connectivity index (χ2n) is 6.96. The third-order valence-electron chi connectivity index (χ3n) is 4.03. The lowest BCUT2D eigenvalue weighted by atomic mass is 9.81. The van der Waals surface area contributed by atoms with Gasteiger partial charge in [-0.1, -0.05) is 62.7 Å². The normalized spacial score (nSPS) is 11.7. The average molecular weight is 266 g/mol. The van der Waals surface area contributed by atoms with Crippen LogP contribution in [0, 0.1) is 20.8 Å². The molecular weight excluding hydrogens is 240 g/mol. The first-order valence-electron chi connectivity index (χ1n) is 7.44. The summed E-state index contributed by atoms with van der Waals surface area (Å²) in [7, 11) is 0. The number of hydrogen-bond donors (Lipinski definition) is 0. The van der Waals surface area contributed by atoms with Gasteiger partial charge in [0.2, 0.25) is 0 Å². The van der Waals surface area contributed by atoms with Gasteiger partial charge in [0.1, 0.15) is 0 Å². The van der Waals surface area contributed by atoms with Crippen molar-refractivity contribution in [2.45, 2.75) is 53.4 Å². The van der Waals surface area contributed by atoms with Gasteiger partial charge in [0.15, 0.2) is 0 Å². The zero-order chi connectivity index (χ0) is 14.9. The van der Waals surface area contributed by atoms with Gasteiger partial charge in [0, 0.05) is 0 Å². The van der Waals surface area contributed by atoms with Crippen molar-refractivity contribution in [3.8, 4) is 0 Å². The molecule has 0 saturated heterocycles. The Kier molecular flexibility index (Phi) is 4.04. The maximum Gasteiger partial charge on any atom is -0.00176 e. The highest BCUT2D eigenvalue weighted by atomic mass is 14.2. The summed E-state index contributed by atoms with van der Waals surface area (Å²) in [4.78, 5) is 0. The van der Waals surface area contributed by atoms with Crippen molar-refractivity contribution in [2.75, 3.05) is 0 Å². The van der Waals surface area contributed by atoms with Gasteiger partial charge in [0.05, 0.1) is 0 Å². The van der Waals surface area contributed by atoms with E-state index in [1.807, 2.05) is 0 Å². The largest absolute Gasteiger partial charge is 0.0620 e. The Balaban J connectivity index is 2.46. The standard InChI is InChI=1S/C20H26/c1-14-11-15(2)18(16(3)12-14)13-17-9-7-8-10-19(17)20(4,5)6/h7-12H,13H2,1-6H3. The van der Waals surface area contributed by atoms with Crippen LogP contribution >= 0.6 is 0 Å². The second-order valence-corrected chi connectivity index (χ2v) is 6.96. The summed E-state index contributed by atoms with van der Waals surface area (Å²) >= 11 is 0. The smallest absolute Gasteiger partial charge is 0.00176 e. The van der Waals surface area contributed by atoms with E-state index in [9.17, 15) is 0 Å². The summed E-state index contributed by atoms with van der Waals surface area (Å²) in [6.45, 7) is 13.5. The number of rotatable bonds is 2. The lowest BCUT2D eigenvalue weighted by Crippen LogP contribution is -2.14. The summed E-state index contributed by atoms with van der Waals surface area (Å²) in [6, 6.07) is 13.4. The van der Waals surface area contributed by atoms with Crippen LogP contribution in [0.4, 0.5) is 0 Å². The Hall–Kier alpha value is -1.56. The first-order chi connectivity index (χ1) is 9.29. The molecule has 0 saturated carbocycles. The monoisotopic (exact) mass is 266 g/mol. The van der Waals surface area contributed by atoms with Gasteiger partial charge in [-0.25, -0.2) is 0 Å². The van der Waals surface area contributed by atoms with E-state index in [2.05, 4.69) is 77.9 Å². The summed E-state index contributed by atoms with van der Waals surface area (Å²) < 4.78 is 0. The summed E-state index contributed by atoms with van der Waals surface area (Å²) in [5.74, 6) is 0. The fraction of sp³-hybridized carbons (Fsp3) is 0.400. The highest BCUT2D eigenvalue weighted by molar-refractivity contribution is 5.43. The predicted octanol–water partition coefficient (Wildman–Crippen LogP) is 5.50. The van der Waals surface area contributed by atoms with Crippen LogP contribution in [0.5, 0.6) is 0 Å². The molecule has 2 rings (SSSR count). The molecule has 0 bridgehead atoms. The highest BCUT2D eigenvalue weighted by Crippen LogP contribution is 2.29. The van der Waals surface area contributed by atoms with Crippen LogP contribution in [0.25, 0.3) is 0 Å². The molecule has 0 atom stereocenters. The molecule has 0 radical (unpaired) electrons. The van der Waals surface area contributed by atoms with Gasteiger partial charge in [-0.2, -0.15) is 0 Å². The minimum Gasteiger partial charge on any atom is -0.0620 e. The Morgan fingerprint density at radius 2 is 1.40 bits per heavy atom. The lowest BCUT2D eigenvalue weighted by Gasteiger charge is -2.24. The molecule has 0 aliphatic carbocycles. The molecule has 0 aliphatic rings. The molecule has 0 heteroatoms. The second kappa shape index (κ2) is 5.44. The molecule has 0 aromatic heterocycles. The van der Waals surface area contributed by atoms with Crippen LogP contribution in [0.15, 0.2) is 36.4 Å². The minimum atomic E-state index is 0.198. The molecule has 0 fully saturated rings. The third-order valence-corrected chi connectivity index (χ3v) is 4.03. The van der Waals surface area contributed by atoms with Crippen molar-refractivity contribution in [2.24, 2.45) is 0 Å². The zero-order valence-corrected chi connectivity index (χ0v) is 13.7. The summed E-state index contributed by atoms with van der Waals surface area (Å²) in [5.41, 5.74) is 8.76. The molecule has 0 spiro atoms. The molecule has 0 N–H and O–H groups in total. The maximum absolute atomic E-state index is 2.29. The van der Waals surface area contributed by atoms with E-state index in [0.717, 1.165) is 6.42 Å². The van der Waals surface area contributed by atoms with Gasteiger partial charge >= 0.3 is 0 Å². The van der Waals surface area contributed by atoms with Crippen LogP contribution in [-0.2, 0) is 11.8 Å². The lowest BCUT2D eigenvalue weighted by molar-refractivity contribution is 0.584. The quantitative estimate of drug-likeness (QED) is 0.673. The van der Waals surface area contributed by atoms with Crippen LogP contribution in [0.3, 0.4) is 0 Å². The Morgan fingerprint density at radius 3 is 1.95 bits per heavy atom. The molecule has 20 heavy (non-hydrogen) atoms. The average Bonchev–Trinajstić information content (AvgIpc) is 2.33. The molecule has 0 nitrogen and oxygen atoms in total. The molecule has 0 unspecified atom stereocenters. The number of hydrogen-bond acceptors (Lipinski definition) is 0. The van der Waals surface area contributed by atoms with Crippen LogP contribution in [-0.4, -0.2) is 0 Å². The van der Waals surface area contributed by atoms with Gasteiger partial charge in [-0.15, -0.1) is 0 Å². The molecule has 0 heterocycles. The summed E-state index contributed by atoms with van der Waals surface area (Å²) in [5, 5.41) is 0. The highest BCUT2D eigenvalue weighted by Gasteiger charge is 2.18. The van der Waals surface area contributed by atoms with Crippen molar-refractivity contribution in [3.63, 3.8) is 0 Å². The topological polar surface area (TPSA) is 0 Å². The molecule has 2 aromatic carbocycles. The van der Waals surface area contributed by atoms with Crippen LogP contribution < -0.4 is 0 Å². The van der Waals surface area contributed by atoms with E-state index >= 15 is 0 Å². The SMILES string of the molecule is Cc1cc(C)c(Cc2ccccc2C(C)(C)C)c(C)c1. The van der Waals surface area contributed by atoms with Gasteiger partial charge < -0.3 is 0 Å². The van der Waals surface area contributed by atoms with Crippen molar-refractivity contribution in [3.05, 3.63) is 69.8 Å². The van der Waals surface area contributed by atoms with E-state index in [-0.39, 0.29) is 5.41 Å². The van der Waals surface area contributed by atoms with E-state index in [4.69, 9.17) is 0 Å². The Labute approximate surface area is 123 Å². The predicted molar refractivity (Wildman–Crippen MR) is 88.6 cm³/mol. The van der Waals surface area contributed by atoms with Crippen molar-refractivity contribution in [1.29, 1.82) is 0 Å². The fourth-order valence-electron chi connectivity index (χ4n) is 3.09. The van der Waals surface area contributed by atoms with Crippen molar-refractivity contribution in [1.82, 2.24) is 0 Å². The fourth-order valence-corrected chi connectivity index (χ4v) is 3.09. The van der Waals surface area contributed by atoms with E-state index in [0.29, 0.717) is 0 Å². The van der Waals surface area contributed by atoms with Crippen LogP contribution in [0.2, 0.25) is 0 Å². The molecule has 106 valence electrons. The first kappa shape index (κ1) is 14.8. The van der Waals surface area contributed by atoms with E-state index in [1.165, 1.54) is 33.4 Å². The molecule has 0 aliphatic heterocycles. The maximum atomic E-state index is 2.29. The molecular formula is C20H26. The van der Waals surface area contributed by atoms with E-state index in [1.54, 1.807) is 0 Å². The molecule has 2 aromatic rings. The minimum absolute atomic E-state index is 0.198. The van der Waals surface area contributed by atoms with Gasteiger partial charge in [-0.05, 0) is 60.4 Å². The van der Waals surface area contributed by atoms with Crippen molar-refractivity contribution < 1.29 is 0 Å². The van der Waals surface area contributed by atoms with E-state index < -0.39 is 0 Å². The third kappa shape index (κ3) is 3.12. The van der Waals surface area contributed by atoms with Crippen molar-refractivity contribution >= 4 is 0 Å². The number of aryl methyl sites for hydroxylation is 3. The van der Waals surface area contributed by atoms with Gasteiger partial charge in [-0.3, -0.25) is 0 Å².